The molecule has 4 rings (SSSR count). The lowest BCUT2D eigenvalue weighted by molar-refractivity contribution is 0.275. The van der Waals surface area contributed by atoms with Crippen molar-refractivity contribution < 1.29 is 4.74 Å². The lowest BCUT2D eigenvalue weighted by atomic mass is 9.92. The Bertz CT molecular complexity index is 781. The van der Waals surface area contributed by atoms with Crippen molar-refractivity contribution in [1.29, 1.82) is 0 Å². The molecule has 3 nitrogen and oxygen atoms in total. The van der Waals surface area contributed by atoms with Crippen LogP contribution in [0.1, 0.15) is 23.7 Å². The molecule has 1 aliphatic rings. The van der Waals surface area contributed by atoms with Crippen LogP contribution in [-0.4, -0.2) is 16.6 Å². The van der Waals surface area contributed by atoms with Gasteiger partial charge in [-0.1, -0.05) is 29.8 Å². The van der Waals surface area contributed by atoms with Crippen molar-refractivity contribution in [2.24, 2.45) is 0 Å². The Morgan fingerprint density at radius 2 is 2.10 bits per heavy atom. The molecule has 100 valence electrons. The van der Waals surface area contributed by atoms with Crippen LogP contribution in [-0.2, 0) is 0 Å². The van der Waals surface area contributed by atoms with Crippen molar-refractivity contribution in [2.75, 3.05) is 6.61 Å². The van der Waals surface area contributed by atoms with Gasteiger partial charge in [0.2, 0.25) is 0 Å². The Balaban J connectivity index is 1.84. The first-order valence-corrected chi connectivity index (χ1v) is 7.06. The number of rotatable bonds is 1. The molecule has 0 bridgehead atoms. The zero-order chi connectivity index (χ0) is 13.5. The topological polar surface area (TPSA) is 37.9 Å². The number of para-hydroxylation sites is 1. The van der Waals surface area contributed by atoms with Crippen LogP contribution in [0.4, 0.5) is 0 Å². The number of nitrogens with zero attached hydrogens (tertiary/aromatic N) is 1. The Kier molecular flexibility index (Phi) is 2.67. The first-order chi connectivity index (χ1) is 9.81. The highest BCUT2D eigenvalue weighted by Gasteiger charge is 2.25. The van der Waals surface area contributed by atoms with Gasteiger partial charge in [0.05, 0.1) is 17.6 Å². The largest absolute Gasteiger partial charge is 0.493 e. The highest BCUT2D eigenvalue weighted by atomic mass is 35.5. The second kappa shape index (κ2) is 4.53. The van der Waals surface area contributed by atoms with E-state index in [0.717, 1.165) is 40.7 Å². The molecule has 1 unspecified atom stereocenters. The molecule has 1 aromatic heterocycles. The number of ether oxygens (including phenoxy) is 1. The summed E-state index contributed by atoms with van der Waals surface area (Å²) in [6.45, 7) is 0.722. The van der Waals surface area contributed by atoms with E-state index in [9.17, 15) is 0 Å². The van der Waals surface area contributed by atoms with E-state index >= 15 is 0 Å². The smallest absolute Gasteiger partial charge is 0.123 e. The first kappa shape index (κ1) is 11.8. The van der Waals surface area contributed by atoms with Gasteiger partial charge in [-0.15, -0.1) is 0 Å². The summed E-state index contributed by atoms with van der Waals surface area (Å²) in [4.78, 5) is 8.10. The predicted molar refractivity (Wildman–Crippen MR) is 79.5 cm³/mol. The summed E-state index contributed by atoms with van der Waals surface area (Å²) in [5.74, 6) is 2.20. The normalized spacial score (nSPS) is 17.8. The Labute approximate surface area is 121 Å². The number of imidazole rings is 1. The molecule has 1 aliphatic heterocycles. The van der Waals surface area contributed by atoms with Crippen LogP contribution in [0, 0.1) is 0 Å². The third-order valence-corrected chi connectivity index (χ3v) is 3.99. The maximum Gasteiger partial charge on any atom is 0.123 e. The number of halogens is 1. The van der Waals surface area contributed by atoms with E-state index < -0.39 is 0 Å². The minimum Gasteiger partial charge on any atom is -0.493 e. The van der Waals surface area contributed by atoms with Crippen LogP contribution in [0.3, 0.4) is 0 Å². The highest BCUT2D eigenvalue weighted by molar-refractivity contribution is 6.31. The fourth-order valence-corrected chi connectivity index (χ4v) is 2.96. The lowest BCUT2D eigenvalue weighted by Crippen LogP contribution is -2.16. The van der Waals surface area contributed by atoms with E-state index in [1.165, 1.54) is 5.56 Å². The number of aromatic amines is 1. The summed E-state index contributed by atoms with van der Waals surface area (Å²) in [7, 11) is 0. The van der Waals surface area contributed by atoms with Gasteiger partial charge < -0.3 is 9.72 Å². The molecule has 0 saturated carbocycles. The zero-order valence-electron chi connectivity index (χ0n) is 10.8. The van der Waals surface area contributed by atoms with Gasteiger partial charge in [0.1, 0.15) is 11.6 Å². The molecule has 1 N–H and O–H groups in total. The van der Waals surface area contributed by atoms with Crippen molar-refractivity contribution in [3.8, 4) is 5.75 Å². The van der Waals surface area contributed by atoms with E-state index in [2.05, 4.69) is 11.1 Å². The molecule has 4 heteroatoms. The second-order valence-corrected chi connectivity index (χ2v) is 5.45. The predicted octanol–water partition coefficient (Wildman–Crippen LogP) is 4.13. The van der Waals surface area contributed by atoms with Gasteiger partial charge in [-0.25, -0.2) is 4.98 Å². The monoisotopic (exact) mass is 284 g/mol. The summed E-state index contributed by atoms with van der Waals surface area (Å²) in [5.41, 5.74) is 3.13. The van der Waals surface area contributed by atoms with Crippen molar-refractivity contribution in [1.82, 2.24) is 9.97 Å². The number of hydrogen-bond acceptors (Lipinski definition) is 2. The van der Waals surface area contributed by atoms with E-state index in [1.54, 1.807) is 0 Å². The number of benzene rings is 2. The number of H-pyrrole nitrogens is 1. The Morgan fingerprint density at radius 3 is 3.05 bits per heavy atom. The van der Waals surface area contributed by atoms with Gasteiger partial charge in [-0.05, 0) is 30.7 Å². The van der Waals surface area contributed by atoms with Gasteiger partial charge in [-0.2, -0.15) is 0 Å². The van der Waals surface area contributed by atoms with E-state index in [1.807, 2.05) is 36.4 Å². The summed E-state index contributed by atoms with van der Waals surface area (Å²) in [5, 5.41) is 0.722. The molecular formula is C16H13ClN2O. The number of fused-ring (bicyclic) bond motifs is 2. The van der Waals surface area contributed by atoms with Crippen molar-refractivity contribution in [3.05, 3.63) is 58.9 Å². The van der Waals surface area contributed by atoms with Gasteiger partial charge in [0, 0.05) is 16.5 Å². The van der Waals surface area contributed by atoms with E-state index in [0.29, 0.717) is 0 Å². The van der Waals surface area contributed by atoms with Gasteiger partial charge in [0.25, 0.3) is 0 Å². The summed E-state index contributed by atoms with van der Waals surface area (Å²) in [6.07, 6.45) is 0.935. The number of nitrogens with one attached hydrogen (secondary N) is 1. The quantitative estimate of drug-likeness (QED) is 0.729. The summed E-state index contributed by atoms with van der Waals surface area (Å²) < 4.78 is 5.71. The minimum atomic E-state index is 0.256. The van der Waals surface area contributed by atoms with Crippen molar-refractivity contribution >= 4 is 22.6 Å². The van der Waals surface area contributed by atoms with E-state index in [4.69, 9.17) is 21.3 Å². The lowest BCUT2D eigenvalue weighted by Gasteiger charge is -2.24. The molecule has 0 saturated heterocycles. The molecule has 0 spiro atoms. The third kappa shape index (κ3) is 1.86. The molecule has 0 amide bonds. The van der Waals surface area contributed by atoms with Crippen LogP contribution in [0.5, 0.6) is 5.75 Å². The highest BCUT2D eigenvalue weighted by Crippen LogP contribution is 2.37. The van der Waals surface area contributed by atoms with Crippen molar-refractivity contribution in [2.45, 2.75) is 12.3 Å². The molecule has 3 aromatic rings. The molecule has 1 atom stereocenters. The first-order valence-electron chi connectivity index (χ1n) is 6.68. The Hall–Kier alpha value is -2.00. The molecule has 2 aromatic carbocycles. The van der Waals surface area contributed by atoms with Gasteiger partial charge in [-0.3, -0.25) is 0 Å². The van der Waals surface area contributed by atoms with Gasteiger partial charge >= 0.3 is 0 Å². The average molecular weight is 285 g/mol. The maximum atomic E-state index is 6.03. The molecule has 0 fully saturated rings. The fraction of sp³-hybridized carbons (Fsp3) is 0.188. The van der Waals surface area contributed by atoms with Crippen LogP contribution in [0.2, 0.25) is 5.02 Å². The molecule has 2 heterocycles. The summed E-state index contributed by atoms with van der Waals surface area (Å²) >= 11 is 6.03. The molecule has 0 aliphatic carbocycles. The number of hydrogen-bond donors (Lipinski definition) is 1. The fourth-order valence-electron chi connectivity index (χ4n) is 2.79. The SMILES string of the molecule is Clc1ccc2nc(C3CCOc4ccccc43)[nH]c2c1. The molecule has 0 radical (unpaired) electrons. The summed E-state index contributed by atoms with van der Waals surface area (Å²) in [6, 6.07) is 13.9. The van der Waals surface area contributed by atoms with Crippen LogP contribution >= 0.6 is 11.6 Å². The van der Waals surface area contributed by atoms with Gasteiger partial charge in [0.15, 0.2) is 0 Å². The maximum absolute atomic E-state index is 6.03. The zero-order valence-corrected chi connectivity index (χ0v) is 11.5. The Morgan fingerprint density at radius 1 is 1.20 bits per heavy atom. The van der Waals surface area contributed by atoms with Crippen LogP contribution < -0.4 is 4.74 Å². The van der Waals surface area contributed by atoms with E-state index in [-0.39, 0.29) is 5.92 Å². The molecular weight excluding hydrogens is 272 g/mol. The van der Waals surface area contributed by atoms with Crippen LogP contribution in [0.15, 0.2) is 42.5 Å². The third-order valence-electron chi connectivity index (χ3n) is 3.75. The van der Waals surface area contributed by atoms with Crippen molar-refractivity contribution in [3.63, 3.8) is 0 Å². The number of aromatic nitrogens is 2. The standard InChI is InChI=1S/C16H13ClN2O/c17-10-5-6-13-14(9-10)19-16(18-13)12-7-8-20-15-4-2-1-3-11(12)15/h1-6,9,12H,7-8H2,(H,18,19). The second-order valence-electron chi connectivity index (χ2n) is 5.01. The minimum absolute atomic E-state index is 0.256. The average Bonchev–Trinajstić information content (AvgIpc) is 2.89. The molecule has 20 heavy (non-hydrogen) atoms. The van der Waals surface area contributed by atoms with Crippen LogP contribution in [0.25, 0.3) is 11.0 Å².